The molecule has 134 valence electrons. The molecule has 1 N–H and O–H groups in total. The second kappa shape index (κ2) is 9.36. The first kappa shape index (κ1) is 19.2. The monoisotopic (exact) mass is 359 g/mol. The van der Waals surface area contributed by atoms with Crippen molar-refractivity contribution in [1.29, 1.82) is 0 Å². The number of carbonyl (C=O) groups excluding carboxylic acids is 1. The third kappa shape index (κ3) is 6.34. The van der Waals surface area contributed by atoms with Crippen LogP contribution in [0.4, 0.5) is 0 Å². The summed E-state index contributed by atoms with van der Waals surface area (Å²) in [6, 6.07) is 7.54. The van der Waals surface area contributed by atoms with Crippen LogP contribution >= 0.6 is 11.8 Å². The van der Waals surface area contributed by atoms with E-state index < -0.39 is 0 Å². The molecule has 1 amide bonds. The first-order chi connectivity index (χ1) is 12.0. The highest BCUT2D eigenvalue weighted by atomic mass is 32.2. The van der Waals surface area contributed by atoms with Gasteiger partial charge in [0.1, 0.15) is 6.33 Å². The van der Waals surface area contributed by atoms with Gasteiger partial charge in [0.15, 0.2) is 5.16 Å². The van der Waals surface area contributed by atoms with Gasteiger partial charge in [0.05, 0.1) is 0 Å². The maximum Gasteiger partial charge on any atom is 0.271 e. The van der Waals surface area contributed by atoms with Gasteiger partial charge in [-0.1, -0.05) is 37.7 Å². The lowest BCUT2D eigenvalue weighted by Gasteiger charge is -2.06. The fourth-order valence-corrected chi connectivity index (χ4v) is 2.91. The number of amides is 1. The van der Waals surface area contributed by atoms with E-state index in [1.54, 1.807) is 18.1 Å². The smallest absolute Gasteiger partial charge is 0.271 e. The number of hydrazone groups is 1. The van der Waals surface area contributed by atoms with Crippen LogP contribution in [0.1, 0.15) is 49.5 Å². The van der Waals surface area contributed by atoms with Crippen molar-refractivity contribution in [2.45, 2.75) is 44.5 Å². The Balaban J connectivity index is 1.85. The number of aromatic nitrogens is 3. The molecular formula is C18H25N5OS. The Labute approximate surface area is 153 Å². The Morgan fingerprint density at radius 1 is 1.32 bits per heavy atom. The topological polar surface area (TPSA) is 72.2 Å². The summed E-state index contributed by atoms with van der Waals surface area (Å²) in [5.41, 5.74) is 5.30. The third-order valence-corrected chi connectivity index (χ3v) is 4.79. The molecule has 2 aromatic rings. The van der Waals surface area contributed by atoms with Gasteiger partial charge in [-0.2, -0.15) is 5.10 Å². The fourth-order valence-electron chi connectivity index (χ4n) is 2.07. The van der Waals surface area contributed by atoms with Crippen LogP contribution < -0.4 is 5.43 Å². The highest BCUT2D eigenvalue weighted by Gasteiger charge is 2.06. The molecule has 25 heavy (non-hydrogen) atoms. The number of thioether (sulfide) groups is 1. The van der Waals surface area contributed by atoms with Crippen molar-refractivity contribution in [2.75, 3.05) is 0 Å². The lowest BCUT2D eigenvalue weighted by atomic mass is 10.1. The van der Waals surface area contributed by atoms with E-state index in [9.17, 15) is 4.79 Å². The molecule has 0 bridgehead atoms. The molecule has 0 atom stereocenters. The van der Waals surface area contributed by atoms with Crippen LogP contribution in [0.15, 0.2) is 40.9 Å². The predicted molar refractivity (Wildman–Crippen MR) is 102 cm³/mol. The van der Waals surface area contributed by atoms with Crippen molar-refractivity contribution >= 4 is 23.4 Å². The number of benzene rings is 1. The molecule has 0 unspecified atom stereocenters. The van der Waals surface area contributed by atoms with Crippen LogP contribution in [0, 0.1) is 5.92 Å². The van der Waals surface area contributed by atoms with Gasteiger partial charge in [0.25, 0.3) is 5.91 Å². The van der Waals surface area contributed by atoms with Gasteiger partial charge in [-0.15, -0.1) is 10.2 Å². The van der Waals surface area contributed by atoms with Gasteiger partial charge in [0.2, 0.25) is 0 Å². The van der Waals surface area contributed by atoms with Crippen LogP contribution in [-0.4, -0.2) is 26.4 Å². The van der Waals surface area contributed by atoms with Crippen LogP contribution in [0.25, 0.3) is 0 Å². The molecule has 1 heterocycles. The van der Waals surface area contributed by atoms with Gasteiger partial charge >= 0.3 is 0 Å². The van der Waals surface area contributed by atoms with Crippen molar-refractivity contribution in [3.05, 3.63) is 41.7 Å². The second-order valence-electron chi connectivity index (χ2n) is 6.43. The van der Waals surface area contributed by atoms with Crippen LogP contribution in [0.5, 0.6) is 0 Å². The fraction of sp³-hybridized carbons (Fsp3) is 0.444. The predicted octanol–water partition coefficient (Wildman–Crippen LogP) is 3.65. The summed E-state index contributed by atoms with van der Waals surface area (Å²) in [4.78, 5) is 12.1. The summed E-state index contributed by atoms with van der Waals surface area (Å²) in [5.74, 6) is 1.23. The van der Waals surface area contributed by atoms with Gasteiger partial charge in [-0.25, -0.2) is 5.43 Å². The Morgan fingerprint density at radius 3 is 2.64 bits per heavy atom. The van der Waals surface area contributed by atoms with E-state index >= 15 is 0 Å². The molecule has 6 nitrogen and oxygen atoms in total. The summed E-state index contributed by atoms with van der Waals surface area (Å²) >= 11 is 1.61. The minimum atomic E-state index is -0.184. The SMILES string of the molecule is C/C(CCC(C)C)=N\NC(=O)c1ccc(CSc2nncn2C)cc1. The molecule has 1 aromatic heterocycles. The van der Waals surface area contributed by atoms with E-state index in [4.69, 9.17) is 0 Å². The Kier molecular flexibility index (Phi) is 7.18. The number of hydrogen-bond donors (Lipinski definition) is 1. The zero-order valence-electron chi connectivity index (χ0n) is 15.2. The Morgan fingerprint density at radius 2 is 2.04 bits per heavy atom. The van der Waals surface area contributed by atoms with Gasteiger partial charge in [-0.05, 0) is 43.4 Å². The molecule has 0 radical (unpaired) electrons. The van der Waals surface area contributed by atoms with Crippen molar-refractivity contribution in [1.82, 2.24) is 20.2 Å². The first-order valence-corrected chi connectivity index (χ1v) is 9.33. The van der Waals surface area contributed by atoms with Crippen LogP contribution in [-0.2, 0) is 12.8 Å². The zero-order chi connectivity index (χ0) is 18.2. The summed E-state index contributed by atoms with van der Waals surface area (Å²) < 4.78 is 1.88. The highest BCUT2D eigenvalue weighted by Crippen LogP contribution is 2.20. The molecule has 0 saturated heterocycles. The maximum atomic E-state index is 12.1. The van der Waals surface area contributed by atoms with Crippen molar-refractivity contribution in [3.63, 3.8) is 0 Å². The van der Waals surface area contributed by atoms with Crippen LogP contribution in [0.3, 0.4) is 0 Å². The highest BCUT2D eigenvalue weighted by molar-refractivity contribution is 7.98. The number of nitrogens with zero attached hydrogens (tertiary/aromatic N) is 4. The van der Waals surface area contributed by atoms with Crippen molar-refractivity contribution in [3.8, 4) is 0 Å². The molecular weight excluding hydrogens is 334 g/mol. The van der Waals surface area contributed by atoms with E-state index in [0.29, 0.717) is 11.5 Å². The average Bonchev–Trinajstić information content (AvgIpc) is 3.01. The van der Waals surface area contributed by atoms with Crippen molar-refractivity contribution in [2.24, 2.45) is 18.1 Å². The lowest BCUT2D eigenvalue weighted by Crippen LogP contribution is -2.19. The largest absolute Gasteiger partial charge is 0.312 e. The minimum Gasteiger partial charge on any atom is -0.312 e. The molecule has 0 fully saturated rings. The number of hydrogen-bond acceptors (Lipinski definition) is 5. The molecule has 2 rings (SSSR count). The summed E-state index contributed by atoms with van der Waals surface area (Å²) in [7, 11) is 1.92. The van der Waals surface area contributed by atoms with Gasteiger partial charge < -0.3 is 4.57 Å². The van der Waals surface area contributed by atoms with E-state index in [0.717, 1.165) is 35.0 Å². The maximum absolute atomic E-state index is 12.1. The molecule has 0 saturated carbocycles. The van der Waals surface area contributed by atoms with E-state index in [-0.39, 0.29) is 5.91 Å². The Hall–Kier alpha value is -2.15. The standard InChI is InChI=1S/C18H25N5OS/c1-13(2)5-6-14(3)20-21-17(24)16-9-7-15(8-10-16)11-25-18-22-19-12-23(18)4/h7-10,12-13H,5-6,11H2,1-4H3,(H,21,24)/b20-14+. The quantitative estimate of drug-likeness (QED) is 0.444. The second-order valence-corrected chi connectivity index (χ2v) is 7.37. The minimum absolute atomic E-state index is 0.184. The number of rotatable bonds is 8. The lowest BCUT2D eigenvalue weighted by molar-refractivity contribution is 0.0954. The van der Waals surface area contributed by atoms with Gasteiger partial charge in [-0.3, -0.25) is 4.79 Å². The molecule has 0 aliphatic rings. The first-order valence-electron chi connectivity index (χ1n) is 8.35. The van der Waals surface area contributed by atoms with Crippen LogP contribution in [0.2, 0.25) is 0 Å². The zero-order valence-corrected chi connectivity index (χ0v) is 16.0. The van der Waals surface area contributed by atoms with E-state index in [2.05, 4.69) is 34.6 Å². The number of nitrogens with one attached hydrogen (secondary N) is 1. The van der Waals surface area contributed by atoms with E-state index in [1.807, 2.05) is 42.8 Å². The van der Waals surface area contributed by atoms with Crippen molar-refractivity contribution < 1.29 is 4.79 Å². The third-order valence-electron chi connectivity index (χ3n) is 3.69. The average molecular weight is 359 g/mol. The number of aryl methyl sites for hydroxylation is 1. The molecule has 0 aliphatic carbocycles. The molecule has 1 aromatic carbocycles. The summed E-state index contributed by atoms with van der Waals surface area (Å²) in [6.07, 6.45) is 3.65. The number of carbonyl (C=O) groups is 1. The molecule has 0 spiro atoms. The summed E-state index contributed by atoms with van der Waals surface area (Å²) in [5, 5.41) is 12.9. The molecule has 0 aliphatic heterocycles. The normalized spacial score (nSPS) is 11.8. The van der Waals surface area contributed by atoms with E-state index in [1.165, 1.54) is 0 Å². The Bertz CT molecular complexity index is 721. The van der Waals surface area contributed by atoms with Gasteiger partial charge in [0, 0.05) is 24.1 Å². The molecule has 7 heteroatoms. The summed E-state index contributed by atoms with van der Waals surface area (Å²) in [6.45, 7) is 6.29.